The Hall–Kier alpha value is -3.60. The Labute approximate surface area is 213 Å². The number of phenolic OH excluding ortho intramolecular Hbond substituents is 1. The number of rotatable bonds is 5. The van der Waals surface area contributed by atoms with Gasteiger partial charge in [-0.25, -0.2) is 9.37 Å². The first-order valence-electron chi connectivity index (χ1n) is 13.0. The van der Waals surface area contributed by atoms with Crippen molar-refractivity contribution in [1.29, 1.82) is 0 Å². The van der Waals surface area contributed by atoms with Crippen molar-refractivity contribution in [2.45, 2.75) is 68.9 Å². The number of nitrogens with zero attached hydrogens (tertiary/aromatic N) is 6. The van der Waals surface area contributed by atoms with Gasteiger partial charge >= 0.3 is 0 Å². The zero-order chi connectivity index (χ0) is 24.9. The van der Waals surface area contributed by atoms with E-state index in [2.05, 4.69) is 35.6 Å². The summed E-state index contributed by atoms with van der Waals surface area (Å²) in [6.07, 6.45) is 6.47. The summed E-state index contributed by atoms with van der Waals surface area (Å²) in [5.41, 5.74) is 2.17. The van der Waals surface area contributed by atoms with E-state index in [1.807, 2.05) is 6.07 Å². The van der Waals surface area contributed by atoms with Crippen LogP contribution in [0.4, 0.5) is 10.3 Å². The van der Waals surface area contributed by atoms with E-state index in [9.17, 15) is 5.11 Å². The van der Waals surface area contributed by atoms with Crippen LogP contribution in [0.5, 0.6) is 17.4 Å². The van der Waals surface area contributed by atoms with E-state index in [0.29, 0.717) is 59.3 Å². The van der Waals surface area contributed by atoms with Gasteiger partial charge in [-0.1, -0.05) is 12.5 Å². The maximum Gasteiger partial charge on any atom is 0.276 e. The molecular formula is C26H28FN7O3. The van der Waals surface area contributed by atoms with Gasteiger partial charge < -0.3 is 24.8 Å². The Morgan fingerprint density at radius 3 is 2.65 bits per heavy atom. The Kier molecular flexibility index (Phi) is 5.53. The number of ether oxygens (including phenoxy) is 2. The van der Waals surface area contributed by atoms with Crippen LogP contribution in [-0.4, -0.2) is 74.0 Å². The molecule has 0 spiro atoms. The number of anilines is 1. The Balaban J connectivity index is 1.13. The number of aromatic hydroxyl groups is 1. The van der Waals surface area contributed by atoms with Crippen molar-refractivity contribution < 1.29 is 19.0 Å². The van der Waals surface area contributed by atoms with Crippen LogP contribution in [0.1, 0.15) is 38.5 Å². The van der Waals surface area contributed by atoms with Crippen LogP contribution in [0.2, 0.25) is 0 Å². The second-order valence-electron chi connectivity index (χ2n) is 10.3. The molecule has 2 aromatic heterocycles. The molecule has 10 nitrogen and oxygen atoms in total. The molecule has 4 aliphatic rings. The van der Waals surface area contributed by atoms with Crippen molar-refractivity contribution in [3.05, 3.63) is 30.5 Å². The summed E-state index contributed by atoms with van der Waals surface area (Å²) in [4.78, 5) is 6.66. The van der Waals surface area contributed by atoms with Gasteiger partial charge in [-0.3, -0.25) is 0 Å². The van der Waals surface area contributed by atoms with E-state index in [-0.39, 0.29) is 23.9 Å². The van der Waals surface area contributed by atoms with Crippen LogP contribution in [0, 0.1) is 0 Å². The predicted octanol–water partition coefficient (Wildman–Crippen LogP) is 3.06. The Bertz CT molecular complexity index is 1310. The van der Waals surface area contributed by atoms with Crippen molar-refractivity contribution in [2.24, 2.45) is 0 Å². The molecule has 3 aliphatic heterocycles. The molecule has 3 fully saturated rings. The molecule has 2 bridgehead atoms. The second kappa shape index (κ2) is 9.05. The minimum absolute atomic E-state index is 0.0205. The third-order valence-corrected chi connectivity index (χ3v) is 7.75. The summed E-state index contributed by atoms with van der Waals surface area (Å²) >= 11 is 0. The van der Waals surface area contributed by atoms with E-state index < -0.39 is 6.17 Å². The molecule has 1 saturated carbocycles. The summed E-state index contributed by atoms with van der Waals surface area (Å²) in [7, 11) is 0. The van der Waals surface area contributed by atoms with Crippen LogP contribution in [0.15, 0.2) is 30.5 Å². The lowest BCUT2D eigenvalue weighted by Gasteiger charge is -2.46. The van der Waals surface area contributed by atoms with Crippen molar-refractivity contribution in [3.63, 3.8) is 0 Å². The van der Waals surface area contributed by atoms with E-state index in [1.165, 1.54) is 0 Å². The van der Waals surface area contributed by atoms with Crippen LogP contribution in [-0.2, 0) is 0 Å². The van der Waals surface area contributed by atoms with E-state index in [1.54, 1.807) is 24.4 Å². The molecule has 11 heteroatoms. The Morgan fingerprint density at radius 2 is 1.84 bits per heavy atom. The first kappa shape index (κ1) is 22.6. The average molecular weight is 506 g/mol. The van der Waals surface area contributed by atoms with Crippen LogP contribution in [0.25, 0.3) is 22.5 Å². The van der Waals surface area contributed by atoms with Crippen molar-refractivity contribution >= 4 is 5.95 Å². The van der Waals surface area contributed by atoms with Gasteiger partial charge in [0.2, 0.25) is 5.95 Å². The number of hydrogen-bond donors (Lipinski definition) is 2. The average Bonchev–Trinajstić information content (AvgIpc) is 3.77. The lowest BCUT2D eigenvalue weighted by atomic mass is 9.82. The van der Waals surface area contributed by atoms with E-state index in [0.717, 1.165) is 38.5 Å². The third kappa shape index (κ3) is 4.20. The number of aromatic nitrogens is 5. The molecule has 5 heterocycles. The number of alkyl halides is 1. The molecule has 192 valence electrons. The van der Waals surface area contributed by atoms with E-state index in [4.69, 9.17) is 9.47 Å². The smallest absolute Gasteiger partial charge is 0.276 e. The predicted molar refractivity (Wildman–Crippen MR) is 132 cm³/mol. The number of nitrogens with one attached hydrogen (secondary N) is 1. The number of phenols is 1. The first-order valence-corrected chi connectivity index (χ1v) is 13.0. The largest absolute Gasteiger partial charge is 0.507 e. The van der Waals surface area contributed by atoms with Gasteiger partial charge in [-0.15, -0.1) is 20.4 Å². The van der Waals surface area contributed by atoms with Gasteiger partial charge in [0, 0.05) is 35.3 Å². The summed E-state index contributed by atoms with van der Waals surface area (Å²) in [5.74, 6) is 1.37. The number of benzene rings is 1. The molecule has 7 rings (SSSR count). The highest BCUT2D eigenvalue weighted by Crippen LogP contribution is 2.39. The standard InChI is InChI=1S/C26H28FN7O3/c27-24-18-3-1-2-15(29-18)11-21(24)34(16-5-6-16)26-28-13-20(31-33-26)17-7-4-14(10-22(17)35)19-12-23-25(32-30-19)37-9-8-36-23/h4,7,10,12-13,15-16,18,21,24,29,35H,1-3,5-6,8-9,11H2/t15-,18-,21+,24-/m0/s1. The van der Waals surface area contributed by atoms with Crippen molar-refractivity contribution in [3.8, 4) is 39.9 Å². The van der Waals surface area contributed by atoms with Crippen LogP contribution >= 0.6 is 0 Å². The fraction of sp³-hybridized carbons (Fsp3) is 0.500. The van der Waals surface area contributed by atoms with Gasteiger partial charge in [-0.05, 0) is 44.2 Å². The van der Waals surface area contributed by atoms with Crippen LogP contribution < -0.4 is 19.7 Å². The number of hydrogen-bond acceptors (Lipinski definition) is 10. The van der Waals surface area contributed by atoms with Gasteiger partial charge in [0.25, 0.3) is 5.88 Å². The van der Waals surface area contributed by atoms with E-state index >= 15 is 4.39 Å². The molecule has 1 aliphatic carbocycles. The third-order valence-electron chi connectivity index (χ3n) is 7.75. The molecular weight excluding hydrogens is 477 g/mol. The van der Waals surface area contributed by atoms with Gasteiger partial charge in [0.15, 0.2) is 5.75 Å². The van der Waals surface area contributed by atoms with Gasteiger partial charge in [0.1, 0.15) is 30.8 Å². The minimum Gasteiger partial charge on any atom is -0.507 e. The summed E-state index contributed by atoms with van der Waals surface area (Å²) in [6, 6.07) is 7.18. The molecule has 3 aromatic rings. The highest BCUT2D eigenvalue weighted by atomic mass is 19.1. The molecule has 0 unspecified atom stereocenters. The lowest BCUT2D eigenvalue weighted by Crippen LogP contribution is -2.62. The second-order valence-corrected chi connectivity index (χ2v) is 10.3. The molecule has 0 amide bonds. The number of piperidine rings is 2. The fourth-order valence-corrected chi connectivity index (χ4v) is 5.80. The molecule has 4 atom stereocenters. The van der Waals surface area contributed by atoms with Gasteiger partial charge in [0.05, 0.1) is 17.9 Å². The van der Waals surface area contributed by atoms with Crippen molar-refractivity contribution in [2.75, 3.05) is 18.1 Å². The maximum absolute atomic E-state index is 15.5. The zero-order valence-electron chi connectivity index (χ0n) is 20.3. The maximum atomic E-state index is 15.5. The highest BCUT2D eigenvalue weighted by Gasteiger charge is 2.47. The van der Waals surface area contributed by atoms with Crippen molar-refractivity contribution in [1.82, 2.24) is 30.7 Å². The van der Waals surface area contributed by atoms with Gasteiger partial charge in [-0.2, -0.15) is 0 Å². The SMILES string of the molecule is Oc1cc(-c2cc3c(nn2)OCCO3)ccc1-c1cnc(N(C2CC2)[C@@H]2C[C@@H]3CCC[C@H](N3)[C@@H]2F)nn1. The minimum atomic E-state index is -0.958. The highest BCUT2D eigenvalue weighted by molar-refractivity contribution is 5.73. The molecule has 0 radical (unpaired) electrons. The molecule has 1 aromatic carbocycles. The molecule has 37 heavy (non-hydrogen) atoms. The zero-order valence-corrected chi connectivity index (χ0v) is 20.3. The quantitative estimate of drug-likeness (QED) is 0.536. The number of fused-ring (bicyclic) bond motifs is 3. The topological polar surface area (TPSA) is 118 Å². The summed E-state index contributed by atoms with van der Waals surface area (Å²) in [6.45, 7) is 0.892. The summed E-state index contributed by atoms with van der Waals surface area (Å²) < 4.78 is 26.5. The summed E-state index contributed by atoms with van der Waals surface area (Å²) in [5, 5.41) is 31.3. The Morgan fingerprint density at radius 1 is 0.973 bits per heavy atom. The first-order chi connectivity index (χ1) is 18.1. The lowest BCUT2D eigenvalue weighted by molar-refractivity contribution is 0.103. The monoisotopic (exact) mass is 505 g/mol. The van der Waals surface area contributed by atoms with Crippen LogP contribution in [0.3, 0.4) is 0 Å². The normalized spacial score (nSPS) is 26.5. The molecule has 2 N–H and O–H groups in total. The molecule has 2 saturated heterocycles. The number of halogens is 1. The fourth-order valence-electron chi connectivity index (χ4n) is 5.80.